The number of rotatable bonds is 76. The van der Waals surface area contributed by atoms with Crippen molar-refractivity contribution in [3.63, 3.8) is 0 Å². The molecular weight excluding hydrogens is 1280 g/mol. The van der Waals surface area contributed by atoms with Gasteiger partial charge in [0.2, 0.25) is 0 Å². The maximum atomic E-state index is 13.1. The topological polar surface area (TPSA) is 237 Å². The third-order valence-electron chi connectivity index (χ3n) is 17.3. The van der Waals surface area contributed by atoms with Crippen molar-refractivity contribution in [2.45, 2.75) is 393 Å². The van der Waals surface area contributed by atoms with Crippen LogP contribution >= 0.6 is 15.6 Å². The van der Waals surface area contributed by atoms with Gasteiger partial charge in [0.25, 0.3) is 0 Å². The molecule has 98 heavy (non-hydrogen) atoms. The van der Waals surface area contributed by atoms with E-state index in [9.17, 15) is 43.2 Å². The first kappa shape index (κ1) is 95.0. The average Bonchev–Trinajstić information content (AvgIpc) is 1.04. The van der Waals surface area contributed by atoms with Crippen LogP contribution in [0.2, 0.25) is 0 Å². The van der Waals surface area contributed by atoms with Crippen molar-refractivity contribution >= 4 is 39.5 Å². The number of ether oxygens (including phenoxy) is 4. The molecule has 5 unspecified atom stereocenters. The molecule has 0 bridgehead atoms. The van der Waals surface area contributed by atoms with Crippen LogP contribution in [0.25, 0.3) is 0 Å². The molecule has 5 atom stereocenters. The average molecular weight is 1430 g/mol. The van der Waals surface area contributed by atoms with Crippen LogP contribution in [0.15, 0.2) is 48.6 Å². The SMILES string of the molecule is CCCCC/C=C\C/C=C\CCCCCCCC(=O)OCC(COP(=O)(O)OCC(O)COP(=O)(O)OCC(COC(=O)CCCCCCC/C=C\CCCCCCCC)OC(=O)CCCCCCCCCCCCCCC)OC(=O)CCCCCCC/C=C\CCCCCCCC. The number of aliphatic hydroxyl groups is 1. The minimum Gasteiger partial charge on any atom is -0.462 e. The first-order valence-electron chi connectivity index (χ1n) is 39.9. The summed E-state index contributed by atoms with van der Waals surface area (Å²) in [5, 5.41) is 10.6. The monoisotopic (exact) mass is 1430 g/mol. The predicted octanol–water partition coefficient (Wildman–Crippen LogP) is 22.9. The summed E-state index contributed by atoms with van der Waals surface area (Å²) in [4.78, 5) is 72.9. The summed E-state index contributed by atoms with van der Waals surface area (Å²) >= 11 is 0. The number of phosphoric ester groups is 2. The van der Waals surface area contributed by atoms with E-state index in [1.54, 1.807) is 0 Å². The van der Waals surface area contributed by atoms with Crippen LogP contribution in [-0.4, -0.2) is 96.7 Å². The smallest absolute Gasteiger partial charge is 0.462 e. The van der Waals surface area contributed by atoms with Crippen molar-refractivity contribution in [2.24, 2.45) is 0 Å². The number of unbranched alkanes of at least 4 members (excludes halogenated alkanes) is 42. The minimum absolute atomic E-state index is 0.0869. The van der Waals surface area contributed by atoms with Crippen LogP contribution in [0.3, 0.4) is 0 Å². The van der Waals surface area contributed by atoms with Crippen LogP contribution in [-0.2, 0) is 65.4 Å². The maximum Gasteiger partial charge on any atom is 0.472 e. The molecule has 574 valence electrons. The number of hydrogen-bond acceptors (Lipinski definition) is 15. The molecule has 0 aliphatic carbocycles. The summed E-state index contributed by atoms with van der Waals surface area (Å²) in [7, 11) is -9.94. The van der Waals surface area contributed by atoms with E-state index < -0.39 is 97.5 Å². The first-order valence-corrected chi connectivity index (χ1v) is 42.9. The molecule has 0 aliphatic rings. The molecule has 3 N–H and O–H groups in total. The fraction of sp³-hybridized carbons (Fsp3) is 0.848. The van der Waals surface area contributed by atoms with Gasteiger partial charge >= 0.3 is 39.5 Å². The number of carbonyl (C=O) groups is 4. The zero-order valence-electron chi connectivity index (χ0n) is 62.7. The molecule has 0 fully saturated rings. The minimum atomic E-state index is -4.97. The third-order valence-corrected chi connectivity index (χ3v) is 19.2. The maximum absolute atomic E-state index is 13.1. The second-order valence-corrected chi connectivity index (χ2v) is 29.9. The Morgan fingerprint density at radius 3 is 0.786 bits per heavy atom. The molecular formula is C79H146O17P2. The van der Waals surface area contributed by atoms with Crippen molar-refractivity contribution in [3.8, 4) is 0 Å². The standard InChI is InChI=1S/C79H146O17P2/c1-5-9-13-17-21-25-29-33-36-40-43-47-51-55-59-63-76(81)89-69-74(95-78(83)65-61-57-53-49-45-39-32-28-24-20-16-12-8-4)71-93-97(85,86)91-67-73(80)68-92-98(87,88)94-72-75(96-79(84)66-62-58-54-50-46-42-38-35-31-27-23-19-15-11-7-3)70-90-77(82)64-60-56-52-48-44-41-37-34-30-26-22-18-14-10-6-2/h22,26,33-38,73-75,80H,5-21,23-25,27-32,39-72H2,1-4H3,(H,85,86)(H,87,88)/b26-22-,36-33-,37-34-,38-35-. The van der Waals surface area contributed by atoms with Gasteiger partial charge < -0.3 is 33.8 Å². The van der Waals surface area contributed by atoms with Gasteiger partial charge in [0.1, 0.15) is 19.3 Å². The van der Waals surface area contributed by atoms with E-state index in [2.05, 4.69) is 76.3 Å². The lowest BCUT2D eigenvalue weighted by molar-refractivity contribution is -0.161. The molecule has 0 aromatic rings. The van der Waals surface area contributed by atoms with Crippen LogP contribution in [0.5, 0.6) is 0 Å². The third kappa shape index (κ3) is 71.4. The number of phosphoric acid groups is 2. The molecule has 0 aromatic carbocycles. The van der Waals surface area contributed by atoms with Crippen LogP contribution in [0.1, 0.15) is 374 Å². The number of hydrogen-bond donors (Lipinski definition) is 3. The molecule has 0 rings (SSSR count). The van der Waals surface area contributed by atoms with Crippen molar-refractivity contribution < 1.29 is 80.2 Å². The highest BCUT2D eigenvalue weighted by atomic mass is 31.2. The summed E-state index contributed by atoms with van der Waals surface area (Å²) < 4.78 is 68.6. The summed E-state index contributed by atoms with van der Waals surface area (Å²) in [5.41, 5.74) is 0. The quantitative estimate of drug-likeness (QED) is 0.0169. The molecule has 0 heterocycles. The van der Waals surface area contributed by atoms with Crippen molar-refractivity contribution in [1.82, 2.24) is 0 Å². The highest BCUT2D eigenvalue weighted by Crippen LogP contribution is 2.45. The molecule has 0 aliphatic heterocycles. The lowest BCUT2D eigenvalue weighted by Crippen LogP contribution is -2.30. The van der Waals surface area contributed by atoms with E-state index in [1.807, 2.05) is 0 Å². The van der Waals surface area contributed by atoms with Gasteiger partial charge in [0.05, 0.1) is 26.4 Å². The first-order chi connectivity index (χ1) is 47.7. The zero-order chi connectivity index (χ0) is 71.8. The Kier molecular flexibility index (Phi) is 70.2. The fourth-order valence-corrected chi connectivity index (χ4v) is 12.7. The van der Waals surface area contributed by atoms with Crippen LogP contribution in [0, 0.1) is 0 Å². The summed E-state index contributed by atoms with van der Waals surface area (Å²) in [6.45, 7) is 4.88. The van der Waals surface area contributed by atoms with E-state index in [1.165, 1.54) is 148 Å². The number of esters is 4. The van der Waals surface area contributed by atoms with E-state index >= 15 is 0 Å². The van der Waals surface area contributed by atoms with E-state index in [4.69, 9.17) is 37.0 Å². The van der Waals surface area contributed by atoms with Crippen molar-refractivity contribution in [3.05, 3.63) is 48.6 Å². The largest absolute Gasteiger partial charge is 0.472 e. The number of allylic oxidation sites excluding steroid dienone is 8. The van der Waals surface area contributed by atoms with Gasteiger partial charge in [0.15, 0.2) is 12.2 Å². The Bertz CT molecular complexity index is 2050. The van der Waals surface area contributed by atoms with E-state index in [0.29, 0.717) is 25.7 Å². The van der Waals surface area contributed by atoms with E-state index in [0.717, 1.165) is 148 Å². The highest BCUT2D eigenvalue weighted by molar-refractivity contribution is 7.47. The fourth-order valence-electron chi connectivity index (χ4n) is 11.1. The molecule has 0 saturated heterocycles. The van der Waals surface area contributed by atoms with E-state index in [-0.39, 0.29) is 25.7 Å². The zero-order valence-corrected chi connectivity index (χ0v) is 64.5. The van der Waals surface area contributed by atoms with Crippen LogP contribution < -0.4 is 0 Å². The summed E-state index contributed by atoms with van der Waals surface area (Å²) in [6.07, 6.45) is 69.4. The molecule has 0 spiro atoms. The molecule has 0 radical (unpaired) electrons. The second-order valence-electron chi connectivity index (χ2n) is 27.0. The van der Waals surface area contributed by atoms with Crippen LogP contribution in [0.4, 0.5) is 0 Å². The predicted molar refractivity (Wildman–Crippen MR) is 400 cm³/mol. The lowest BCUT2D eigenvalue weighted by Gasteiger charge is -2.21. The van der Waals surface area contributed by atoms with Gasteiger partial charge in [-0.05, 0) is 109 Å². The Morgan fingerprint density at radius 2 is 0.500 bits per heavy atom. The van der Waals surface area contributed by atoms with Gasteiger partial charge in [-0.15, -0.1) is 0 Å². The summed E-state index contributed by atoms with van der Waals surface area (Å²) in [5.74, 6) is -2.17. The molecule has 17 nitrogen and oxygen atoms in total. The molecule has 0 amide bonds. The molecule has 19 heteroatoms. The van der Waals surface area contributed by atoms with Gasteiger partial charge in [-0.3, -0.25) is 37.3 Å². The summed E-state index contributed by atoms with van der Waals surface area (Å²) in [6, 6.07) is 0. The Labute approximate surface area is 597 Å². The molecule has 0 saturated carbocycles. The number of carbonyl (C=O) groups excluding carboxylic acids is 4. The van der Waals surface area contributed by atoms with Gasteiger partial charge in [0, 0.05) is 25.7 Å². The number of aliphatic hydroxyl groups excluding tert-OH is 1. The van der Waals surface area contributed by atoms with Gasteiger partial charge in [-0.2, -0.15) is 0 Å². The van der Waals surface area contributed by atoms with Gasteiger partial charge in [-0.1, -0.05) is 288 Å². The lowest BCUT2D eigenvalue weighted by atomic mass is 10.0. The van der Waals surface area contributed by atoms with Crippen molar-refractivity contribution in [2.75, 3.05) is 39.6 Å². The normalized spacial score (nSPS) is 14.2. The Balaban J connectivity index is 5.33. The highest BCUT2D eigenvalue weighted by Gasteiger charge is 2.30. The molecule has 0 aromatic heterocycles. The Morgan fingerprint density at radius 1 is 0.286 bits per heavy atom. The Hall–Kier alpha value is -2.98. The van der Waals surface area contributed by atoms with Crippen molar-refractivity contribution in [1.29, 1.82) is 0 Å². The second kappa shape index (κ2) is 72.4. The van der Waals surface area contributed by atoms with Gasteiger partial charge in [-0.25, -0.2) is 9.13 Å².